The Morgan fingerprint density at radius 1 is 1.56 bits per heavy atom. The summed E-state index contributed by atoms with van der Waals surface area (Å²) in [7, 11) is 0. The zero-order valence-electron chi connectivity index (χ0n) is 10.8. The summed E-state index contributed by atoms with van der Waals surface area (Å²) in [6.07, 6.45) is 4.80. The first-order chi connectivity index (χ1) is 8.28. The second kappa shape index (κ2) is 5.43. The molecule has 0 aliphatic rings. The van der Waals surface area contributed by atoms with E-state index in [1.54, 1.807) is 20.8 Å². The first-order valence-corrected chi connectivity index (χ1v) is 6.70. The number of aliphatic carboxylic acids is 1. The van der Waals surface area contributed by atoms with Gasteiger partial charge in [0.25, 0.3) is 0 Å². The molecule has 100 valence electrons. The second-order valence-electron chi connectivity index (χ2n) is 4.40. The van der Waals surface area contributed by atoms with E-state index in [9.17, 15) is 9.59 Å². The summed E-state index contributed by atoms with van der Waals surface area (Å²) in [5, 5.41) is 15.5. The highest BCUT2D eigenvalue weighted by Gasteiger charge is 2.30. The number of carboxylic acid groups (broad SMARTS) is 1. The third kappa shape index (κ3) is 3.04. The number of rotatable bonds is 5. The van der Waals surface area contributed by atoms with Crippen LogP contribution in [-0.2, 0) is 15.1 Å². The second-order valence-corrected chi connectivity index (χ2v) is 5.58. The zero-order chi connectivity index (χ0) is 13.9. The molecular formula is C11H17N3O3S. The van der Waals surface area contributed by atoms with E-state index in [0.717, 1.165) is 0 Å². The summed E-state index contributed by atoms with van der Waals surface area (Å²) in [6.45, 7) is 4.88. The van der Waals surface area contributed by atoms with E-state index in [2.05, 4.69) is 10.4 Å². The van der Waals surface area contributed by atoms with Crippen molar-refractivity contribution in [1.82, 2.24) is 9.78 Å². The van der Waals surface area contributed by atoms with Gasteiger partial charge in [0, 0.05) is 6.20 Å². The molecule has 18 heavy (non-hydrogen) atoms. The number of anilines is 1. The lowest BCUT2D eigenvalue weighted by atomic mass is 10.1. The van der Waals surface area contributed by atoms with Gasteiger partial charge in [-0.3, -0.25) is 9.48 Å². The molecule has 0 radical (unpaired) electrons. The number of aromatic nitrogens is 2. The number of carboxylic acids is 1. The third-order valence-electron chi connectivity index (χ3n) is 2.67. The lowest BCUT2D eigenvalue weighted by molar-refractivity contribution is -0.146. The van der Waals surface area contributed by atoms with Crippen LogP contribution in [0.3, 0.4) is 0 Å². The van der Waals surface area contributed by atoms with Crippen LogP contribution in [0.1, 0.15) is 20.8 Å². The largest absolute Gasteiger partial charge is 0.479 e. The van der Waals surface area contributed by atoms with Gasteiger partial charge in [-0.1, -0.05) is 0 Å². The van der Waals surface area contributed by atoms with Crippen molar-refractivity contribution in [2.24, 2.45) is 0 Å². The topological polar surface area (TPSA) is 84.2 Å². The first kappa shape index (κ1) is 14.6. The van der Waals surface area contributed by atoms with E-state index in [4.69, 9.17) is 5.11 Å². The van der Waals surface area contributed by atoms with Crippen LogP contribution in [0.4, 0.5) is 5.69 Å². The summed E-state index contributed by atoms with van der Waals surface area (Å²) < 4.78 is 1.31. The van der Waals surface area contributed by atoms with Gasteiger partial charge < -0.3 is 10.4 Å². The Morgan fingerprint density at radius 3 is 2.67 bits per heavy atom. The summed E-state index contributed by atoms with van der Waals surface area (Å²) >= 11 is 1.44. The standard InChI is InChI=1S/C11H17N3O3S/c1-7(18-4)9(15)13-8-5-12-14(6-8)11(2,3)10(16)17/h5-7H,1-4H3,(H,13,15)(H,16,17). The molecule has 0 saturated heterocycles. The highest BCUT2D eigenvalue weighted by Crippen LogP contribution is 2.18. The van der Waals surface area contributed by atoms with Crippen LogP contribution in [0.25, 0.3) is 0 Å². The molecule has 1 heterocycles. The number of amides is 1. The molecule has 1 amide bonds. The Kier molecular flexibility index (Phi) is 4.39. The minimum Gasteiger partial charge on any atom is -0.479 e. The van der Waals surface area contributed by atoms with Crippen molar-refractivity contribution in [3.8, 4) is 0 Å². The quantitative estimate of drug-likeness (QED) is 0.845. The molecule has 1 atom stereocenters. The molecule has 0 aromatic carbocycles. The maximum Gasteiger partial charge on any atom is 0.331 e. The van der Waals surface area contributed by atoms with E-state index in [-0.39, 0.29) is 11.2 Å². The van der Waals surface area contributed by atoms with Crippen LogP contribution >= 0.6 is 11.8 Å². The Morgan fingerprint density at radius 2 is 2.17 bits per heavy atom. The lowest BCUT2D eigenvalue weighted by Crippen LogP contribution is -2.36. The average Bonchev–Trinajstić information content (AvgIpc) is 2.76. The number of carbonyl (C=O) groups excluding carboxylic acids is 1. The molecule has 2 N–H and O–H groups in total. The number of carbonyl (C=O) groups is 2. The molecule has 1 aromatic heterocycles. The van der Waals surface area contributed by atoms with Gasteiger partial charge >= 0.3 is 5.97 Å². The number of hydrogen-bond donors (Lipinski definition) is 2. The third-order valence-corrected chi connectivity index (χ3v) is 3.59. The number of thioether (sulfide) groups is 1. The van der Waals surface area contributed by atoms with Gasteiger partial charge in [-0.15, -0.1) is 0 Å². The Bertz CT molecular complexity index is 456. The molecule has 1 unspecified atom stereocenters. The van der Waals surface area contributed by atoms with Crippen LogP contribution in [0.15, 0.2) is 12.4 Å². The van der Waals surface area contributed by atoms with Gasteiger partial charge in [-0.2, -0.15) is 16.9 Å². The lowest BCUT2D eigenvalue weighted by Gasteiger charge is -2.19. The Balaban J connectivity index is 2.82. The van der Waals surface area contributed by atoms with Gasteiger partial charge in [0.05, 0.1) is 17.1 Å². The summed E-state index contributed by atoms with van der Waals surface area (Å²) in [5.74, 6) is -1.11. The van der Waals surface area contributed by atoms with Gasteiger partial charge in [0.15, 0.2) is 5.54 Å². The van der Waals surface area contributed by atoms with Crippen LogP contribution in [-0.4, -0.2) is 38.3 Å². The molecule has 0 fully saturated rings. The monoisotopic (exact) mass is 271 g/mol. The maximum absolute atomic E-state index is 11.7. The fraction of sp³-hybridized carbons (Fsp3) is 0.545. The fourth-order valence-electron chi connectivity index (χ4n) is 1.14. The van der Waals surface area contributed by atoms with E-state index < -0.39 is 11.5 Å². The molecule has 0 aliphatic carbocycles. The van der Waals surface area contributed by atoms with Crippen LogP contribution in [0, 0.1) is 0 Å². The Labute approximate surface area is 110 Å². The van der Waals surface area contributed by atoms with E-state index >= 15 is 0 Å². The van der Waals surface area contributed by atoms with Crippen molar-refractivity contribution < 1.29 is 14.7 Å². The molecule has 0 bridgehead atoms. The van der Waals surface area contributed by atoms with Crippen molar-refractivity contribution in [1.29, 1.82) is 0 Å². The highest BCUT2D eigenvalue weighted by atomic mass is 32.2. The molecule has 1 aromatic rings. The van der Waals surface area contributed by atoms with Crippen LogP contribution < -0.4 is 5.32 Å². The van der Waals surface area contributed by atoms with Crippen LogP contribution in [0.5, 0.6) is 0 Å². The fourth-order valence-corrected chi connectivity index (χ4v) is 1.41. The number of nitrogens with zero attached hydrogens (tertiary/aromatic N) is 2. The maximum atomic E-state index is 11.7. The van der Waals surface area contributed by atoms with Gasteiger partial charge in [-0.05, 0) is 27.0 Å². The molecule has 1 rings (SSSR count). The summed E-state index contributed by atoms with van der Waals surface area (Å²) in [5.41, 5.74) is -0.649. The molecule has 0 saturated carbocycles. The van der Waals surface area contributed by atoms with Crippen molar-refractivity contribution in [2.45, 2.75) is 31.6 Å². The van der Waals surface area contributed by atoms with E-state index in [0.29, 0.717) is 5.69 Å². The molecule has 6 nitrogen and oxygen atoms in total. The molecule has 0 aliphatic heterocycles. The highest BCUT2D eigenvalue weighted by molar-refractivity contribution is 7.99. The normalized spacial score (nSPS) is 13.1. The first-order valence-electron chi connectivity index (χ1n) is 5.41. The van der Waals surface area contributed by atoms with Gasteiger partial charge in [0.1, 0.15) is 0 Å². The summed E-state index contributed by atoms with van der Waals surface area (Å²) in [4.78, 5) is 22.7. The number of nitrogens with one attached hydrogen (secondary N) is 1. The Hall–Kier alpha value is -1.50. The van der Waals surface area contributed by atoms with Crippen molar-refractivity contribution in [3.05, 3.63) is 12.4 Å². The smallest absolute Gasteiger partial charge is 0.331 e. The predicted octanol–water partition coefficient (Wildman–Crippen LogP) is 1.39. The molecule has 7 heteroatoms. The van der Waals surface area contributed by atoms with Crippen LogP contribution in [0.2, 0.25) is 0 Å². The zero-order valence-corrected chi connectivity index (χ0v) is 11.6. The minimum atomic E-state index is -1.14. The summed E-state index contributed by atoms with van der Waals surface area (Å²) in [6, 6.07) is 0. The predicted molar refractivity (Wildman–Crippen MR) is 70.8 cm³/mol. The van der Waals surface area contributed by atoms with Crippen molar-refractivity contribution >= 4 is 29.3 Å². The molecular weight excluding hydrogens is 254 g/mol. The van der Waals surface area contributed by atoms with Crippen molar-refractivity contribution in [2.75, 3.05) is 11.6 Å². The molecule has 0 spiro atoms. The van der Waals surface area contributed by atoms with Gasteiger partial charge in [-0.25, -0.2) is 4.79 Å². The average molecular weight is 271 g/mol. The number of hydrogen-bond acceptors (Lipinski definition) is 4. The van der Waals surface area contributed by atoms with Crippen molar-refractivity contribution in [3.63, 3.8) is 0 Å². The van der Waals surface area contributed by atoms with Gasteiger partial charge in [0.2, 0.25) is 5.91 Å². The SMILES string of the molecule is CSC(C)C(=O)Nc1cnn(C(C)(C)C(=O)O)c1. The van der Waals surface area contributed by atoms with E-state index in [1.165, 1.54) is 28.8 Å². The minimum absolute atomic E-state index is 0.129. The van der Waals surface area contributed by atoms with E-state index in [1.807, 2.05) is 6.26 Å².